The molecule has 0 amide bonds. The molecular formula is C10H11BrFN3O2. The van der Waals surface area contributed by atoms with Gasteiger partial charge < -0.3 is 4.90 Å². The fourth-order valence-corrected chi connectivity index (χ4v) is 2.46. The Balaban J connectivity index is 2.49. The normalized spacial score (nSPS) is 16.0. The first kappa shape index (κ1) is 12.2. The standard InChI is InChI=1S/C10H11BrFN3O2/c11-10-9(15(16)17)8(7(12)6-13-10)14-4-2-1-3-5-14/h6H,1-5H2. The summed E-state index contributed by atoms with van der Waals surface area (Å²) in [6, 6.07) is 0. The maximum absolute atomic E-state index is 13.7. The highest BCUT2D eigenvalue weighted by molar-refractivity contribution is 9.10. The van der Waals surface area contributed by atoms with Gasteiger partial charge in [-0.2, -0.15) is 0 Å². The molecule has 1 aliphatic rings. The second-order valence-electron chi connectivity index (χ2n) is 3.90. The van der Waals surface area contributed by atoms with Gasteiger partial charge in [0.2, 0.25) is 0 Å². The Morgan fingerprint density at radius 1 is 1.41 bits per heavy atom. The molecule has 5 nitrogen and oxygen atoms in total. The lowest BCUT2D eigenvalue weighted by molar-refractivity contribution is -0.385. The first-order valence-corrected chi connectivity index (χ1v) is 6.14. The highest BCUT2D eigenvalue weighted by Gasteiger charge is 2.28. The lowest BCUT2D eigenvalue weighted by Crippen LogP contribution is -2.31. The van der Waals surface area contributed by atoms with Crippen LogP contribution in [0.1, 0.15) is 19.3 Å². The van der Waals surface area contributed by atoms with E-state index in [1.807, 2.05) is 0 Å². The summed E-state index contributed by atoms with van der Waals surface area (Å²) in [6.45, 7) is 1.29. The molecule has 0 bridgehead atoms. The molecule has 2 rings (SSSR count). The van der Waals surface area contributed by atoms with E-state index in [1.165, 1.54) is 0 Å². The molecule has 1 saturated heterocycles. The summed E-state index contributed by atoms with van der Waals surface area (Å²) < 4.78 is 13.8. The summed E-state index contributed by atoms with van der Waals surface area (Å²) >= 11 is 3.00. The lowest BCUT2D eigenvalue weighted by Gasteiger charge is -2.28. The molecule has 0 unspecified atom stereocenters. The minimum absolute atomic E-state index is 0.0524. The fourth-order valence-electron chi connectivity index (χ4n) is 2.03. The predicted octanol–water partition coefficient (Wildman–Crippen LogP) is 2.88. The van der Waals surface area contributed by atoms with Crippen molar-refractivity contribution in [2.75, 3.05) is 18.0 Å². The highest BCUT2D eigenvalue weighted by atomic mass is 79.9. The molecule has 0 aliphatic carbocycles. The number of hydrogen-bond donors (Lipinski definition) is 0. The summed E-state index contributed by atoms with van der Waals surface area (Å²) in [4.78, 5) is 15.7. The molecule has 1 fully saturated rings. The summed E-state index contributed by atoms with van der Waals surface area (Å²) in [7, 11) is 0. The molecule has 0 radical (unpaired) electrons. The zero-order chi connectivity index (χ0) is 12.4. The van der Waals surface area contributed by atoms with Crippen LogP contribution in [0.15, 0.2) is 10.8 Å². The van der Waals surface area contributed by atoms with Gasteiger partial charge in [0, 0.05) is 13.1 Å². The van der Waals surface area contributed by atoms with E-state index in [0.29, 0.717) is 13.1 Å². The van der Waals surface area contributed by atoms with Crippen molar-refractivity contribution in [2.24, 2.45) is 0 Å². The molecule has 92 valence electrons. The molecule has 0 aromatic carbocycles. The largest absolute Gasteiger partial charge is 0.363 e. The van der Waals surface area contributed by atoms with Crippen molar-refractivity contribution in [3.8, 4) is 0 Å². The minimum atomic E-state index is -0.637. The van der Waals surface area contributed by atoms with Crippen molar-refractivity contribution < 1.29 is 9.31 Å². The van der Waals surface area contributed by atoms with Crippen LogP contribution in [0.3, 0.4) is 0 Å². The van der Waals surface area contributed by atoms with Crippen molar-refractivity contribution in [3.63, 3.8) is 0 Å². The Labute approximate surface area is 106 Å². The third kappa shape index (κ3) is 2.38. The maximum atomic E-state index is 13.7. The fraction of sp³-hybridized carbons (Fsp3) is 0.500. The number of anilines is 1. The zero-order valence-corrected chi connectivity index (χ0v) is 10.6. The first-order valence-electron chi connectivity index (χ1n) is 5.34. The van der Waals surface area contributed by atoms with Gasteiger partial charge in [0.15, 0.2) is 16.1 Å². The average Bonchev–Trinajstić information content (AvgIpc) is 2.32. The Morgan fingerprint density at radius 3 is 2.65 bits per heavy atom. The maximum Gasteiger partial charge on any atom is 0.328 e. The molecule has 0 N–H and O–H groups in total. The van der Waals surface area contributed by atoms with Crippen molar-refractivity contribution in [1.29, 1.82) is 0 Å². The van der Waals surface area contributed by atoms with E-state index < -0.39 is 10.7 Å². The van der Waals surface area contributed by atoms with E-state index in [-0.39, 0.29) is 16.0 Å². The van der Waals surface area contributed by atoms with Crippen LogP contribution in [0.25, 0.3) is 0 Å². The number of rotatable bonds is 2. The SMILES string of the molecule is O=[N+]([O-])c1c(Br)ncc(F)c1N1CCCCC1. The van der Waals surface area contributed by atoms with Gasteiger partial charge in [0.05, 0.1) is 11.1 Å². The van der Waals surface area contributed by atoms with Gasteiger partial charge in [-0.1, -0.05) is 0 Å². The smallest absolute Gasteiger partial charge is 0.328 e. The van der Waals surface area contributed by atoms with Gasteiger partial charge in [-0.15, -0.1) is 0 Å². The van der Waals surface area contributed by atoms with E-state index in [4.69, 9.17) is 0 Å². The van der Waals surface area contributed by atoms with Crippen LogP contribution in [-0.2, 0) is 0 Å². The van der Waals surface area contributed by atoms with Crippen LogP contribution >= 0.6 is 15.9 Å². The van der Waals surface area contributed by atoms with Crippen LogP contribution in [0.5, 0.6) is 0 Å². The van der Waals surface area contributed by atoms with Gasteiger partial charge in [0.1, 0.15) is 0 Å². The van der Waals surface area contributed by atoms with E-state index in [2.05, 4.69) is 20.9 Å². The second-order valence-corrected chi connectivity index (χ2v) is 4.65. The molecule has 17 heavy (non-hydrogen) atoms. The van der Waals surface area contributed by atoms with Crippen molar-refractivity contribution in [2.45, 2.75) is 19.3 Å². The number of piperidine rings is 1. The van der Waals surface area contributed by atoms with Crippen LogP contribution in [0, 0.1) is 15.9 Å². The van der Waals surface area contributed by atoms with Gasteiger partial charge in [-0.3, -0.25) is 10.1 Å². The molecular weight excluding hydrogens is 293 g/mol. The Kier molecular flexibility index (Phi) is 3.56. The lowest BCUT2D eigenvalue weighted by atomic mass is 10.1. The Hall–Kier alpha value is -1.24. The summed E-state index contributed by atoms with van der Waals surface area (Å²) in [5.41, 5.74) is -0.233. The van der Waals surface area contributed by atoms with Gasteiger partial charge in [-0.25, -0.2) is 9.37 Å². The van der Waals surface area contributed by atoms with E-state index in [0.717, 1.165) is 25.5 Å². The monoisotopic (exact) mass is 303 g/mol. The Morgan fingerprint density at radius 2 is 2.06 bits per heavy atom. The molecule has 0 saturated carbocycles. The number of halogens is 2. The highest BCUT2D eigenvalue weighted by Crippen LogP contribution is 2.37. The molecule has 0 atom stereocenters. The molecule has 0 spiro atoms. The predicted molar refractivity (Wildman–Crippen MR) is 64.6 cm³/mol. The van der Waals surface area contributed by atoms with Gasteiger partial charge >= 0.3 is 5.69 Å². The van der Waals surface area contributed by atoms with E-state index in [9.17, 15) is 14.5 Å². The van der Waals surface area contributed by atoms with Gasteiger partial charge in [0.25, 0.3) is 0 Å². The summed E-state index contributed by atoms with van der Waals surface area (Å²) in [5.74, 6) is -0.637. The molecule has 7 heteroatoms. The molecule has 1 aliphatic heterocycles. The number of nitrogens with zero attached hydrogens (tertiary/aromatic N) is 3. The molecule has 2 heterocycles. The zero-order valence-electron chi connectivity index (χ0n) is 9.03. The van der Waals surface area contributed by atoms with E-state index >= 15 is 0 Å². The van der Waals surface area contributed by atoms with Crippen LogP contribution in [0.2, 0.25) is 0 Å². The molecule has 1 aromatic rings. The molecule has 1 aromatic heterocycles. The third-order valence-corrected chi connectivity index (χ3v) is 3.37. The van der Waals surface area contributed by atoms with Crippen LogP contribution < -0.4 is 4.90 Å². The number of nitro groups is 1. The Bertz CT molecular complexity index is 449. The third-order valence-electron chi connectivity index (χ3n) is 2.79. The van der Waals surface area contributed by atoms with Crippen molar-refractivity contribution in [3.05, 3.63) is 26.7 Å². The van der Waals surface area contributed by atoms with E-state index in [1.54, 1.807) is 4.90 Å². The summed E-state index contributed by atoms with van der Waals surface area (Å²) in [5, 5.41) is 11.0. The number of pyridine rings is 1. The van der Waals surface area contributed by atoms with Crippen LogP contribution in [-0.4, -0.2) is 23.0 Å². The van der Waals surface area contributed by atoms with Crippen molar-refractivity contribution >= 4 is 27.3 Å². The van der Waals surface area contributed by atoms with Gasteiger partial charge in [-0.05, 0) is 35.2 Å². The number of aromatic nitrogens is 1. The topological polar surface area (TPSA) is 59.3 Å². The first-order chi connectivity index (χ1) is 8.11. The quantitative estimate of drug-likeness (QED) is 0.479. The minimum Gasteiger partial charge on any atom is -0.363 e. The van der Waals surface area contributed by atoms with Crippen molar-refractivity contribution in [1.82, 2.24) is 4.98 Å². The average molecular weight is 304 g/mol. The number of hydrogen-bond acceptors (Lipinski definition) is 4. The summed E-state index contributed by atoms with van der Waals surface area (Å²) in [6.07, 6.45) is 3.95. The van der Waals surface area contributed by atoms with Crippen LogP contribution in [0.4, 0.5) is 15.8 Å². The second kappa shape index (κ2) is 4.95.